The molecule has 0 fully saturated rings. The van der Waals surface area contributed by atoms with E-state index >= 15 is 0 Å². The Bertz CT molecular complexity index is 1180. The van der Waals surface area contributed by atoms with E-state index in [1.807, 2.05) is 41.9 Å². The second kappa shape index (κ2) is 10.5. The van der Waals surface area contributed by atoms with Crippen molar-refractivity contribution < 1.29 is 14.3 Å². The molecule has 1 N–H and O–H groups in total. The van der Waals surface area contributed by atoms with E-state index < -0.39 is 0 Å². The number of hydrogen-bond donors (Lipinski definition) is 1. The minimum absolute atomic E-state index is 0.0466. The first-order valence-electron chi connectivity index (χ1n) is 11.7. The van der Waals surface area contributed by atoms with Gasteiger partial charge in [-0.05, 0) is 42.1 Å². The predicted molar refractivity (Wildman–Crippen MR) is 143 cm³/mol. The standard InChI is InChI=1S/C26H32N4O3S2/c1-6-13-27-20(31)15-29-21(32)16-35-23(19-8-7-14-34-19)22-24(26(2,3)4)28-30(25(22)29)17-9-11-18(33-5)12-10-17/h7-12,14,23H,6,13,15-16H2,1-5H3,(H,27,31)/t23-/m0/s1. The number of amides is 2. The molecule has 4 rings (SSSR count). The van der Waals surface area contributed by atoms with E-state index in [1.54, 1.807) is 35.1 Å². The zero-order chi connectivity index (χ0) is 25.2. The summed E-state index contributed by atoms with van der Waals surface area (Å²) in [5.74, 6) is 1.41. The number of carbonyl (C=O) groups excluding carboxylic acids is 2. The molecule has 3 aromatic rings. The lowest BCUT2D eigenvalue weighted by atomic mass is 9.88. The second-order valence-corrected chi connectivity index (χ2v) is 11.6. The lowest BCUT2D eigenvalue weighted by Gasteiger charge is -2.24. The van der Waals surface area contributed by atoms with Gasteiger partial charge in [0, 0.05) is 22.4 Å². The number of benzene rings is 1. The van der Waals surface area contributed by atoms with Crippen molar-refractivity contribution in [3.8, 4) is 11.4 Å². The first kappa shape index (κ1) is 25.3. The van der Waals surface area contributed by atoms with Gasteiger partial charge in [-0.2, -0.15) is 5.10 Å². The number of nitrogens with one attached hydrogen (secondary N) is 1. The topological polar surface area (TPSA) is 76.5 Å². The molecule has 2 aromatic heterocycles. The average molecular weight is 513 g/mol. The Labute approximate surface area is 214 Å². The van der Waals surface area contributed by atoms with Crippen LogP contribution in [-0.4, -0.2) is 47.5 Å². The number of hydrogen-bond acceptors (Lipinski definition) is 6. The van der Waals surface area contributed by atoms with E-state index in [1.165, 1.54) is 4.88 Å². The van der Waals surface area contributed by atoms with E-state index in [2.05, 4.69) is 37.5 Å². The Balaban J connectivity index is 1.96. The number of anilines is 1. The monoisotopic (exact) mass is 512 g/mol. The summed E-state index contributed by atoms with van der Waals surface area (Å²) in [7, 11) is 1.63. The van der Waals surface area contributed by atoms with Gasteiger partial charge in [0.25, 0.3) is 0 Å². The summed E-state index contributed by atoms with van der Waals surface area (Å²) in [4.78, 5) is 29.1. The lowest BCUT2D eigenvalue weighted by Crippen LogP contribution is -2.42. The molecule has 35 heavy (non-hydrogen) atoms. The number of nitrogens with zero attached hydrogens (tertiary/aromatic N) is 3. The molecule has 0 radical (unpaired) electrons. The maximum atomic E-state index is 13.5. The molecule has 3 heterocycles. The normalized spacial score (nSPS) is 16.1. The number of carbonyl (C=O) groups is 2. The van der Waals surface area contributed by atoms with Crippen LogP contribution in [0.3, 0.4) is 0 Å². The molecule has 1 aromatic carbocycles. The molecule has 186 valence electrons. The number of ether oxygens (including phenoxy) is 1. The number of rotatable bonds is 7. The van der Waals surface area contributed by atoms with Crippen molar-refractivity contribution >= 4 is 40.7 Å². The van der Waals surface area contributed by atoms with Crippen LogP contribution < -0.4 is 15.0 Å². The van der Waals surface area contributed by atoms with Crippen LogP contribution in [0, 0.1) is 0 Å². The van der Waals surface area contributed by atoms with Crippen molar-refractivity contribution in [1.29, 1.82) is 0 Å². The van der Waals surface area contributed by atoms with Gasteiger partial charge in [-0.15, -0.1) is 23.1 Å². The summed E-state index contributed by atoms with van der Waals surface area (Å²) < 4.78 is 7.17. The van der Waals surface area contributed by atoms with Crippen molar-refractivity contribution in [3.05, 3.63) is 57.9 Å². The zero-order valence-corrected chi connectivity index (χ0v) is 22.5. The van der Waals surface area contributed by atoms with Crippen molar-refractivity contribution in [2.45, 2.75) is 44.8 Å². The summed E-state index contributed by atoms with van der Waals surface area (Å²) in [5.41, 5.74) is 2.44. The Hall–Kier alpha value is -2.78. The summed E-state index contributed by atoms with van der Waals surface area (Å²) in [6.07, 6.45) is 0.833. The number of methoxy groups -OCH3 is 1. The van der Waals surface area contributed by atoms with Gasteiger partial charge >= 0.3 is 0 Å². The summed E-state index contributed by atoms with van der Waals surface area (Å²) in [5, 5.41) is 10.0. The SMILES string of the molecule is CCCNC(=O)CN1C(=O)CS[C@@H](c2cccs2)c2c(C(C)(C)C)nn(-c3ccc(OC)cc3)c21. The average Bonchev–Trinajstić information content (AvgIpc) is 3.48. The molecule has 0 spiro atoms. The molecule has 0 bridgehead atoms. The molecular weight excluding hydrogens is 480 g/mol. The number of thioether (sulfide) groups is 1. The van der Waals surface area contributed by atoms with Crippen molar-refractivity contribution in [2.24, 2.45) is 0 Å². The molecule has 9 heteroatoms. The second-order valence-electron chi connectivity index (χ2n) is 9.48. The van der Waals surface area contributed by atoms with E-state index in [9.17, 15) is 9.59 Å². The summed E-state index contributed by atoms with van der Waals surface area (Å²) in [6.45, 7) is 8.94. The fraction of sp³-hybridized carbons (Fsp3) is 0.423. The number of fused-ring (bicyclic) bond motifs is 1. The highest BCUT2D eigenvalue weighted by atomic mass is 32.2. The Morgan fingerprint density at radius 2 is 1.97 bits per heavy atom. The van der Waals surface area contributed by atoms with E-state index in [0.29, 0.717) is 12.4 Å². The maximum absolute atomic E-state index is 13.5. The Morgan fingerprint density at radius 1 is 1.23 bits per heavy atom. The summed E-state index contributed by atoms with van der Waals surface area (Å²) in [6, 6.07) is 11.8. The van der Waals surface area contributed by atoms with Crippen LogP contribution in [0.15, 0.2) is 41.8 Å². The van der Waals surface area contributed by atoms with E-state index in [4.69, 9.17) is 9.84 Å². The Morgan fingerprint density at radius 3 is 2.57 bits per heavy atom. The molecule has 1 aliphatic heterocycles. The van der Waals surface area contributed by atoms with Crippen molar-refractivity contribution in [2.75, 3.05) is 30.9 Å². The van der Waals surface area contributed by atoms with Gasteiger partial charge in [-0.1, -0.05) is 33.8 Å². The first-order valence-corrected chi connectivity index (χ1v) is 13.7. The fourth-order valence-electron chi connectivity index (χ4n) is 4.11. The smallest absolute Gasteiger partial charge is 0.240 e. The van der Waals surface area contributed by atoms with Gasteiger partial charge in [0.15, 0.2) is 0 Å². The van der Waals surface area contributed by atoms with Gasteiger partial charge in [-0.3, -0.25) is 14.5 Å². The van der Waals surface area contributed by atoms with Gasteiger partial charge in [-0.25, -0.2) is 4.68 Å². The van der Waals surface area contributed by atoms with Crippen LogP contribution in [0.1, 0.15) is 55.5 Å². The third-order valence-electron chi connectivity index (χ3n) is 5.79. The van der Waals surface area contributed by atoms with Gasteiger partial charge in [0.1, 0.15) is 18.1 Å². The molecule has 0 saturated heterocycles. The van der Waals surface area contributed by atoms with Crippen LogP contribution in [-0.2, 0) is 15.0 Å². The minimum atomic E-state index is -0.276. The molecule has 1 atom stereocenters. The highest BCUT2D eigenvalue weighted by molar-refractivity contribution is 8.00. The predicted octanol–water partition coefficient (Wildman–Crippen LogP) is 4.94. The Kier molecular flexibility index (Phi) is 7.56. The van der Waals surface area contributed by atoms with Gasteiger partial charge in [0.05, 0.1) is 29.5 Å². The van der Waals surface area contributed by atoms with Gasteiger partial charge < -0.3 is 10.1 Å². The van der Waals surface area contributed by atoms with E-state index in [0.717, 1.165) is 29.1 Å². The lowest BCUT2D eigenvalue weighted by molar-refractivity contribution is -0.122. The van der Waals surface area contributed by atoms with Gasteiger partial charge in [0.2, 0.25) is 11.8 Å². The fourth-order valence-corrected chi connectivity index (χ4v) is 6.28. The van der Waals surface area contributed by atoms with Crippen LogP contribution in [0.5, 0.6) is 5.75 Å². The first-order chi connectivity index (χ1) is 16.7. The summed E-state index contributed by atoms with van der Waals surface area (Å²) >= 11 is 3.28. The van der Waals surface area contributed by atoms with Crippen LogP contribution in [0.25, 0.3) is 5.69 Å². The number of thiophene rings is 1. The van der Waals surface area contributed by atoms with Crippen molar-refractivity contribution in [3.63, 3.8) is 0 Å². The van der Waals surface area contributed by atoms with Crippen molar-refractivity contribution in [1.82, 2.24) is 15.1 Å². The third kappa shape index (κ3) is 5.26. The third-order valence-corrected chi connectivity index (χ3v) is 8.11. The molecule has 0 unspecified atom stereocenters. The molecule has 7 nitrogen and oxygen atoms in total. The van der Waals surface area contributed by atoms with Crippen LogP contribution >= 0.6 is 23.1 Å². The number of aromatic nitrogens is 2. The maximum Gasteiger partial charge on any atom is 0.240 e. The minimum Gasteiger partial charge on any atom is -0.497 e. The zero-order valence-electron chi connectivity index (χ0n) is 20.8. The molecule has 0 saturated carbocycles. The largest absolute Gasteiger partial charge is 0.497 e. The molecule has 0 aliphatic carbocycles. The molecule has 2 amide bonds. The molecule has 1 aliphatic rings. The highest BCUT2D eigenvalue weighted by Crippen LogP contribution is 2.49. The van der Waals surface area contributed by atoms with E-state index in [-0.39, 0.29) is 34.8 Å². The van der Waals surface area contributed by atoms with Crippen LogP contribution in [0.2, 0.25) is 0 Å². The highest BCUT2D eigenvalue weighted by Gasteiger charge is 2.40. The molecular formula is C26H32N4O3S2. The van der Waals surface area contributed by atoms with Crippen LogP contribution in [0.4, 0.5) is 5.82 Å². The quantitative estimate of drug-likeness (QED) is 0.486.